The molecule has 0 aliphatic rings. The van der Waals surface area contributed by atoms with Crippen molar-refractivity contribution in [2.75, 3.05) is 0 Å². The van der Waals surface area contributed by atoms with Crippen molar-refractivity contribution < 1.29 is 14.3 Å². The molecule has 0 unspecified atom stereocenters. The number of hydrogen-bond donors (Lipinski definition) is 0. The summed E-state index contributed by atoms with van der Waals surface area (Å²) < 4.78 is 11.1. The van der Waals surface area contributed by atoms with Crippen LogP contribution in [0.5, 0.6) is 5.88 Å². The summed E-state index contributed by atoms with van der Waals surface area (Å²) in [6.45, 7) is 1.75. The molecular formula is C20H15Cl3N2O3. The number of esters is 1. The predicted octanol–water partition coefficient (Wildman–Crippen LogP) is 5.93. The topological polar surface area (TPSA) is 61.3 Å². The summed E-state index contributed by atoms with van der Waals surface area (Å²) in [5, 5.41) is 0.623. The molecule has 8 heteroatoms. The molecule has 1 aromatic carbocycles. The van der Waals surface area contributed by atoms with Gasteiger partial charge in [0.1, 0.15) is 23.6 Å². The largest absolute Gasteiger partial charge is 0.470 e. The number of aromatic nitrogens is 2. The molecule has 1 atom stereocenters. The number of carbonyl (C=O) groups excluding carboxylic acids is 1. The van der Waals surface area contributed by atoms with Crippen LogP contribution in [-0.4, -0.2) is 15.9 Å². The molecule has 0 saturated heterocycles. The Morgan fingerprint density at radius 2 is 1.68 bits per heavy atom. The number of halogens is 3. The molecule has 0 radical (unpaired) electrons. The van der Waals surface area contributed by atoms with E-state index in [4.69, 9.17) is 44.3 Å². The Kier molecular flexibility index (Phi) is 6.73. The fourth-order valence-electron chi connectivity index (χ4n) is 2.37. The van der Waals surface area contributed by atoms with Crippen LogP contribution in [0.25, 0.3) is 0 Å². The maximum absolute atomic E-state index is 12.2. The summed E-state index contributed by atoms with van der Waals surface area (Å²) in [5.41, 5.74) is 1.29. The van der Waals surface area contributed by atoms with Gasteiger partial charge >= 0.3 is 5.97 Å². The Hall–Kier alpha value is -2.34. The van der Waals surface area contributed by atoms with Crippen LogP contribution >= 0.6 is 34.8 Å². The van der Waals surface area contributed by atoms with E-state index in [1.807, 2.05) is 37.3 Å². The third kappa shape index (κ3) is 5.13. The Morgan fingerprint density at radius 3 is 2.43 bits per heavy atom. The minimum Gasteiger partial charge on any atom is -0.470 e. The van der Waals surface area contributed by atoms with E-state index in [1.54, 1.807) is 12.1 Å². The minimum absolute atomic E-state index is 0.0737. The normalized spacial score (nSPS) is 11.7. The molecule has 2 aromatic heterocycles. The first-order valence-electron chi connectivity index (χ1n) is 8.30. The molecule has 2 heterocycles. The number of rotatable bonds is 6. The van der Waals surface area contributed by atoms with Gasteiger partial charge in [-0.15, -0.1) is 0 Å². The van der Waals surface area contributed by atoms with Crippen LogP contribution in [0.4, 0.5) is 0 Å². The van der Waals surface area contributed by atoms with E-state index in [1.165, 1.54) is 12.1 Å². The van der Waals surface area contributed by atoms with Crippen LogP contribution in [0.3, 0.4) is 0 Å². The first-order chi connectivity index (χ1) is 13.4. The minimum atomic E-state index is -0.727. The average Bonchev–Trinajstić information content (AvgIpc) is 2.70. The molecule has 0 spiro atoms. The van der Waals surface area contributed by atoms with Crippen LogP contribution < -0.4 is 4.74 Å². The van der Waals surface area contributed by atoms with Crippen LogP contribution in [0.2, 0.25) is 15.2 Å². The van der Waals surface area contributed by atoms with Gasteiger partial charge in [-0.3, -0.25) is 0 Å². The van der Waals surface area contributed by atoms with E-state index in [0.717, 1.165) is 5.56 Å². The zero-order chi connectivity index (χ0) is 20.1. The summed E-state index contributed by atoms with van der Waals surface area (Å²) >= 11 is 17.9. The molecule has 0 aliphatic carbocycles. The molecule has 144 valence electrons. The van der Waals surface area contributed by atoms with Gasteiger partial charge in [-0.25, -0.2) is 14.8 Å². The van der Waals surface area contributed by atoms with E-state index < -0.39 is 5.97 Å². The van der Waals surface area contributed by atoms with E-state index in [0.29, 0.717) is 16.6 Å². The number of nitrogens with zero attached hydrogens (tertiary/aromatic N) is 2. The lowest BCUT2D eigenvalue weighted by Gasteiger charge is -2.15. The highest BCUT2D eigenvalue weighted by Gasteiger charge is 2.17. The number of pyridine rings is 2. The molecular weight excluding hydrogens is 423 g/mol. The molecule has 5 nitrogen and oxygen atoms in total. The van der Waals surface area contributed by atoms with Gasteiger partial charge in [0, 0.05) is 6.07 Å². The van der Waals surface area contributed by atoms with Crippen molar-refractivity contribution in [3.63, 3.8) is 0 Å². The van der Waals surface area contributed by atoms with E-state index >= 15 is 0 Å². The van der Waals surface area contributed by atoms with Crippen molar-refractivity contribution in [1.29, 1.82) is 0 Å². The van der Waals surface area contributed by atoms with Crippen LogP contribution in [0.15, 0.2) is 54.6 Å². The quantitative estimate of drug-likeness (QED) is 0.353. The first kappa shape index (κ1) is 20.4. The van der Waals surface area contributed by atoms with Crippen molar-refractivity contribution in [2.45, 2.75) is 19.6 Å². The van der Waals surface area contributed by atoms with Gasteiger partial charge in [0.2, 0.25) is 5.88 Å². The molecule has 0 bridgehead atoms. The second kappa shape index (κ2) is 9.24. The lowest BCUT2D eigenvalue weighted by atomic mass is 10.1. The highest BCUT2D eigenvalue weighted by atomic mass is 35.5. The second-order valence-corrected chi connectivity index (χ2v) is 6.99. The Labute approximate surface area is 177 Å². The van der Waals surface area contributed by atoms with Gasteiger partial charge in [0.15, 0.2) is 5.69 Å². The summed E-state index contributed by atoms with van der Waals surface area (Å²) in [6.07, 6.45) is -0.209. The van der Waals surface area contributed by atoms with Crippen LogP contribution in [-0.2, 0) is 11.3 Å². The van der Waals surface area contributed by atoms with Gasteiger partial charge in [-0.1, -0.05) is 65.1 Å². The maximum atomic E-state index is 12.2. The van der Waals surface area contributed by atoms with Crippen molar-refractivity contribution in [1.82, 2.24) is 9.97 Å². The molecule has 0 amide bonds. The van der Waals surface area contributed by atoms with Crippen molar-refractivity contribution in [2.24, 2.45) is 0 Å². The smallest absolute Gasteiger partial charge is 0.358 e. The lowest BCUT2D eigenvalue weighted by Crippen LogP contribution is -2.10. The highest BCUT2D eigenvalue weighted by molar-refractivity contribution is 6.34. The summed E-state index contributed by atoms with van der Waals surface area (Å²) in [4.78, 5) is 20.4. The monoisotopic (exact) mass is 436 g/mol. The molecule has 0 N–H and O–H groups in total. The fraction of sp³-hybridized carbons (Fsp3) is 0.150. The van der Waals surface area contributed by atoms with Gasteiger partial charge in [0.25, 0.3) is 0 Å². The fourth-order valence-corrected chi connectivity index (χ4v) is 2.86. The molecule has 3 rings (SSSR count). The summed E-state index contributed by atoms with van der Waals surface area (Å²) in [6, 6.07) is 16.0. The number of carbonyl (C=O) groups is 1. The summed E-state index contributed by atoms with van der Waals surface area (Å²) in [7, 11) is 0. The molecule has 0 fully saturated rings. The third-order valence-electron chi connectivity index (χ3n) is 3.80. The van der Waals surface area contributed by atoms with Gasteiger partial charge in [0.05, 0.1) is 10.0 Å². The van der Waals surface area contributed by atoms with Crippen molar-refractivity contribution in [3.8, 4) is 5.88 Å². The van der Waals surface area contributed by atoms with Crippen molar-refractivity contribution >= 4 is 40.8 Å². The zero-order valence-electron chi connectivity index (χ0n) is 14.7. The van der Waals surface area contributed by atoms with E-state index in [9.17, 15) is 4.79 Å². The predicted molar refractivity (Wildman–Crippen MR) is 108 cm³/mol. The standard InChI is InChI=1S/C20H15Cl3N2O3/c1-12(13-5-3-2-4-6-13)28-18-10-8-14(21)16(24-18)11-27-20(26)19-15(22)7-9-17(23)25-19/h2-10,12H,11H2,1H3/t12-/m1/s1. The number of hydrogen-bond acceptors (Lipinski definition) is 5. The van der Waals surface area contributed by atoms with Crippen LogP contribution in [0, 0.1) is 0 Å². The first-order valence-corrected chi connectivity index (χ1v) is 9.43. The molecule has 3 aromatic rings. The summed E-state index contributed by atoms with van der Waals surface area (Å²) in [5.74, 6) is -0.361. The third-order valence-corrected chi connectivity index (χ3v) is 4.66. The van der Waals surface area contributed by atoms with E-state index in [-0.39, 0.29) is 28.6 Å². The maximum Gasteiger partial charge on any atom is 0.358 e. The zero-order valence-corrected chi connectivity index (χ0v) is 17.0. The molecule has 0 saturated carbocycles. The average molecular weight is 438 g/mol. The van der Waals surface area contributed by atoms with E-state index in [2.05, 4.69) is 9.97 Å². The van der Waals surface area contributed by atoms with Crippen molar-refractivity contribution in [3.05, 3.63) is 86.7 Å². The SMILES string of the molecule is C[C@@H](Oc1ccc(Cl)c(COC(=O)c2nc(Cl)ccc2Cl)n1)c1ccccc1. The number of benzene rings is 1. The molecule has 28 heavy (non-hydrogen) atoms. The Balaban J connectivity index is 1.69. The Bertz CT molecular complexity index is 984. The number of ether oxygens (including phenoxy) is 2. The van der Waals surface area contributed by atoms with Gasteiger partial charge in [-0.05, 0) is 30.7 Å². The Morgan fingerprint density at radius 1 is 0.964 bits per heavy atom. The van der Waals surface area contributed by atoms with Crippen LogP contribution in [0.1, 0.15) is 34.8 Å². The van der Waals surface area contributed by atoms with Gasteiger partial charge in [-0.2, -0.15) is 0 Å². The lowest BCUT2D eigenvalue weighted by molar-refractivity contribution is 0.0459. The highest BCUT2D eigenvalue weighted by Crippen LogP contribution is 2.24. The molecule has 0 aliphatic heterocycles. The second-order valence-electron chi connectivity index (χ2n) is 5.79. The van der Waals surface area contributed by atoms with Gasteiger partial charge < -0.3 is 9.47 Å².